The summed E-state index contributed by atoms with van der Waals surface area (Å²) in [6.07, 6.45) is 0. The number of para-hydroxylation sites is 1. The van der Waals surface area contributed by atoms with Crippen LogP contribution in [0.4, 0.5) is 14.5 Å². The highest BCUT2D eigenvalue weighted by molar-refractivity contribution is 9.10. The van der Waals surface area contributed by atoms with E-state index in [4.69, 9.17) is 0 Å². The van der Waals surface area contributed by atoms with Gasteiger partial charge in [-0.05, 0) is 33.6 Å². The molecule has 0 fully saturated rings. The van der Waals surface area contributed by atoms with Gasteiger partial charge in [0.2, 0.25) is 10.0 Å². The van der Waals surface area contributed by atoms with Gasteiger partial charge in [-0.25, -0.2) is 17.2 Å². The average molecular weight is 374 g/mol. The molecule has 1 heterocycles. The van der Waals surface area contributed by atoms with Crippen molar-refractivity contribution in [3.8, 4) is 0 Å². The number of anilines is 1. The van der Waals surface area contributed by atoms with E-state index >= 15 is 0 Å². The van der Waals surface area contributed by atoms with Crippen LogP contribution in [0, 0.1) is 11.6 Å². The van der Waals surface area contributed by atoms with Crippen LogP contribution in [-0.2, 0) is 22.3 Å². The summed E-state index contributed by atoms with van der Waals surface area (Å²) in [5, 5.41) is 0. The fourth-order valence-corrected chi connectivity index (χ4v) is 4.70. The van der Waals surface area contributed by atoms with E-state index in [-0.39, 0.29) is 17.9 Å². The van der Waals surface area contributed by atoms with Crippen molar-refractivity contribution in [3.63, 3.8) is 0 Å². The molecule has 0 aliphatic carbocycles. The van der Waals surface area contributed by atoms with E-state index < -0.39 is 21.7 Å². The summed E-state index contributed by atoms with van der Waals surface area (Å²) in [5.41, 5.74) is 1.30. The molecule has 0 unspecified atom stereocenters. The normalized spacial score (nSPS) is 16.0. The van der Waals surface area contributed by atoms with Gasteiger partial charge >= 0.3 is 0 Å². The van der Waals surface area contributed by atoms with Crippen LogP contribution < -0.4 is 4.31 Å². The number of halogens is 3. The molecule has 0 amide bonds. The summed E-state index contributed by atoms with van der Waals surface area (Å²) >= 11 is 3.32. The summed E-state index contributed by atoms with van der Waals surface area (Å²) in [7, 11) is -3.55. The lowest BCUT2D eigenvalue weighted by atomic mass is 10.1. The minimum absolute atomic E-state index is 0.120. The van der Waals surface area contributed by atoms with E-state index in [1.807, 2.05) is 0 Å². The molecular weight excluding hydrogens is 364 g/mol. The number of nitrogens with zero attached hydrogens (tertiary/aromatic N) is 1. The molecular formula is C14H10BrF2NO2S. The standard InChI is InChI=1S/C14H10BrF2NO2S/c15-12-3-1-2-10-8-21(19,20)18(14(10)12)7-9-4-5-11(16)6-13(9)17/h1-6H,7-8H2. The molecule has 0 bridgehead atoms. The smallest absolute Gasteiger partial charge is 0.239 e. The molecule has 3 nitrogen and oxygen atoms in total. The van der Waals surface area contributed by atoms with Crippen LogP contribution in [0.5, 0.6) is 0 Å². The lowest BCUT2D eigenvalue weighted by Crippen LogP contribution is -2.26. The minimum Gasteiger partial charge on any atom is -0.264 e. The van der Waals surface area contributed by atoms with Crippen LogP contribution in [0.15, 0.2) is 40.9 Å². The Kier molecular flexibility index (Phi) is 3.49. The van der Waals surface area contributed by atoms with E-state index in [0.717, 1.165) is 16.4 Å². The Morgan fingerprint density at radius 2 is 1.95 bits per heavy atom. The highest BCUT2D eigenvalue weighted by atomic mass is 79.9. The Balaban J connectivity index is 2.06. The van der Waals surface area contributed by atoms with Crippen LogP contribution >= 0.6 is 15.9 Å². The molecule has 1 aliphatic heterocycles. The van der Waals surface area contributed by atoms with E-state index in [2.05, 4.69) is 15.9 Å². The van der Waals surface area contributed by atoms with Crippen LogP contribution in [0.2, 0.25) is 0 Å². The van der Waals surface area contributed by atoms with Crippen molar-refractivity contribution in [1.82, 2.24) is 0 Å². The Morgan fingerprint density at radius 3 is 2.67 bits per heavy atom. The van der Waals surface area contributed by atoms with Gasteiger partial charge in [-0.15, -0.1) is 0 Å². The van der Waals surface area contributed by atoms with Crippen LogP contribution in [0.25, 0.3) is 0 Å². The Hall–Kier alpha value is -1.47. The molecule has 0 spiro atoms. The van der Waals surface area contributed by atoms with E-state index in [0.29, 0.717) is 15.7 Å². The number of hydrogen-bond acceptors (Lipinski definition) is 2. The van der Waals surface area contributed by atoms with E-state index in [1.54, 1.807) is 18.2 Å². The predicted octanol–water partition coefficient (Wildman–Crippen LogP) is 3.58. The second-order valence-electron chi connectivity index (χ2n) is 4.75. The third kappa shape index (κ3) is 2.55. The summed E-state index contributed by atoms with van der Waals surface area (Å²) < 4.78 is 53.0. The highest BCUT2D eigenvalue weighted by Crippen LogP contribution is 2.40. The van der Waals surface area contributed by atoms with Crippen molar-refractivity contribution in [3.05, 3.63) is 63.6 Å². The molecule has 21 heavy (non-hydrogen) atoms. The van der Waals surface area contributed by atoms with Crippen molar-refractivity contribution in [1.29, 1.82) is 0 Å². The molecule has 2 aromatic carbocycles. The van der Waals surface area contributed by atoms with Crippen molar-refractivity contribution in [2.24, 2.45) is 0 Å². The first-order valence-electron chi connectivity index (χ1n) is 6.10. The first kappa shape index (κ1) is 14.5. The molecule has 0 atom stereocenters. The quantitative estimate of drug-likeness (QED) is 0.806. The van der Waals surface area contributed by atoms with E-state index in [9.17, 15) is 17.2 Å². The fraction of sp³-hybridized carbons (Fsp3) is 0.143. The molecule has 0 N–H and O–H groups in total. The van der Waals surface area contributed by atoms with Crippen molar-refractivity contribution < 1.29 is 17.2 Å². The maximum Gasteiger partial charge on any atom is 0.239 e. The summed E-state index contributed by atoms with van der Waals surface area (Å²) in [5.74, 6) is -1.57. The number of benzene rings is 2. The maximum atomic E-state index is 13.8. The Labute approximate surface area is 129 Å². The third-order valence-corrected chi connectivity index (χ3v) is 5.62. The summed E-state index contributed by atoms with van der Waals surface area (Å²) in [4.78, 5) is 0. The second kappa shape index (κ2) is 5.06. The largest absolute Gasteiger partial charge is 0.264 e. The van der Waals surface area contributed by atoms with Crippen LogP contribution in [0.3, 0.4) is 0 Å². The number of rotatable bonds is 2. The summed E-state index contributed by atoms with van der Waals surface area (Å²) in [6, 6.07) is 8.32. The Morgan fingerprint density at radius 1 is 1.19 bits per heavy atom. The number of fused-ring (bicyclic) bond motifs is 1. The molecule has 110 valence electrons. The van der Waals surface area contributed by atoms with Crippen molar-refractivity contribution in [2.75, 3.05) is 4.31 Å². The first-order chi connectivity index (χ1) is 9.88. The van der Waals surface area contributed by atoms with Gasteiger partial charge in [0.15, 0.2) is 0 Å². The lowest BCUT2D eigenvalue weighted by Gasteiger charge is -2.20. The zero-order chi connectivity index (χ0) is 15.2. The van der Waals surface area contributed by atoms with Crippen molar-refractivity contribution >= 4 is 31.6 Å². The van der Waals surface area contributed by atoms with Crippen LogP contribution in [0.1, 0.15) is 11.1 Å². The molecule has 3 rings (SSSR count). The Bertz CT molecular complexity index is 824. The molecule has 1 aliphatic rings. The fourth-order valence-electron chi connectivity index (χ4n) is 2.35. The van der Waals surface area contributed by atoms with Crippen molar-refractivity contribution in [2.45, 2.75) is 12.3 Å². The van der Waals surface area contributed by atoms with Gasteiger partial charge < -0.3 is 0 Å². The van der Waals surface area contributed by atoms with Gasteiger partial charge in [0.1, 0.15) is 11.6 Å². The van der Waals surface area contributed by atoms with Gasteiger partial charge in [-0.2, -0.15) is 0 Å². The molecule has 0 saturated carbocycles. The molecule has 7 heteroatoms. The van der Waals surface area contributed by atoms with Gasteiger partial charge in [0.25, 0.3) is 0 Å². The van der Waals surface area contributed by atoms with Gasteiger partial charge in [0, 0.05) is 16.1 Å². The predicted molar refractivity (Wildman–Crippen MR) is 79.3 cm³/mol. The highest BCUT2D eigenvalue weighted by Gasteiger charge is 2.35. The van der Waals surface area contributed by atoms with E-state index in [1.165, 1.54) is 6.07 Å². The van der Waals surface area contributed by atoms with Gasteiger partial charge in [-0.3, -0.25) is 4.31 Å². The van der Waals surface area contributed by atoms with Crippen LogP contribution in [-0.4, -0.2) is 8.42 Å². The average Bonchev–Trinajstić information content (AvgIpc) is 2.64. The summed E-state index contributed by atoms with van der Waals surface area (Å²) in [6.45, 7) is -0.163. The SMILES string of the molecule is O=S1(=O)Cc2cccc(Br)c2N1Cc1ccc(F)cc1F. The minimum atomic E-state index is -3.55. The zero-order valence-corrected chi connectivity index (χ0v) is 13.1. The zero-order valence-electron chi connectivity index (χ0n) is 10.7. The third-order valence-electron chi connectivity index (χ3n) is 3.32. The second-order valence-corrected chi connectivity index (χ2v) is 7.49. The molecule has 0 aromatic heterocycles. The van der Waals surface area contributed by atoms with Gasteiger partial charge in [-0.1, -0.05) is 18.2 Å². The monoisotopic (exact) mass is 373 g/mol. The van der Waals surface area contributed by atoms with Gasteiger partial charge in [0.05, 0.1) is 18.0 Å². The first-order valence-corrected chi connectivity index (χ1v) is 8.50. The number of sulfonamides is 1. The topological polar surface area (TPSA) is 37.4 Å². The number of hydrogen-bond donors (Lipinski definition) is 0. The molecule has 2 aromatic rings. The molecule has 0 saturated heterocycles. The lowest BCUT2D eigenvalue weighted by molar-refractivity contribution is 0.570. The molecule has 0 radical (unpaired) electrons. The maximum absolute atomic E-state index is 13.8.